The average Bonchev–Trinajstić information content (AvgIpc) is 2.71. The number of nitrogens with zero attached hydrogens (tertiary/aromatic N) is 2. The van der Waals surface area contributed by atoms with E-state index in [1.54, 1.807) is 36.4 Å². The van der Waals surface area contributed by atoms with Gasteiger partial charge in [-0.3, -0.25) is 14.9 Å². The molecule has 1 N–H and O–H groups in total. The third kappa shape index (κ3) is 3.94. The topological polar surface area (TPSA) is 69.7 Å². The Labute approximate surface area is 195 Å². The SMILES string of the molecule is Cc1cc2c(cc1/C=C1\C(=O)NC(=O)N(c3ccccc3)C1=O)[C@H](C)CC(C)(C)N2C(C)C. The summed E-state index contributed by atoms with van der Waals surface area (Å²) in [5.41, 5.74) is 4.59. The molecule has 1 saturated heterocycles. The van der Waals surface area contributed by atoms with Gasteiger partial charge < -0.3 is 4.90 Å². The zero-order valence-corrected chi connectivity index (χ0v) is 20.1. The van der Waals surface area contributed by atoms with Gasteiger partial charge in [0, 0.05) is 17.3 Å². The number of nitrogens with one attached hydrogen (secondary N) is 1. The molecule has 172 valence electrons. The van der Waals surface area contributed by atoms with Gasteiger partial charge >= 0.3 is 6.03 Å². The van der Waals surface area contributed by atoms with Gasteiger partial charge in [0.2, 0.25) is 0 Å². The van der Waals surface area contributed by atoms with Crippen LogP contribution in [0.15, 0.2) is 48.0 Å². The molecule has 0 aromatic heterocycles. The lowest BCUT2D eigenvalue weighted by Crippen LogP contribution is -2.54. The highest BCUT2D eigenvalue weighted by Crippen LogP contribution is 2.45. The second kappa shape index (κ2) is 8.18. The Morgan fingerprint density at radius 1 is 1.09 bits per heavy atom. The number of urea groups is 1. The fourth-order valence-electron chi connectivity index (χ4n) is 5.37. The largest absolute Gasteiger partial charge is 0.364 e. The van der Waals surface area contributed by atoms with Gasteiger partial charge in [0.25, 0.3) is 11.8 Å². The van der Waals surface area contributed by atoms with E-state index in [1.165, 1.54) is 11.3 Å². The molecule has 0 saturated carbocycles. The van der Waals surface area contributed by atoms with E-state index in [9.17, 15) is 14.4 Å². The molecular formula is C27H31N3O3. The van der Waals surface area contributed by atoms with Gasteiger partial charge in [0.1, 0.15) is 5.57 Å². The predicted octanol–water partition coefficient (Wildman–Crippen LogP) is 5.16. The molecule has 0 bridgehead atoms. The van der Waals surface area contributed by atoms with Crippen molar-refractivity contribution in [2.24, 2.45) is 0 Å². The number of para-hydroxylation sites is 1. The highest BCUT2D eigenvalue weighted by molar-refractivity contribution is 6.39. The summed E-state index contributed by atoms with van der Waals surface area (Å²) >= 11 is 0. The van der Waals surface area contributed by atoms with Crippen LogP contribution in [0.1, 0.15) is 63.6 Å². The number of amides is 4. The molecular weight excluding hydrogens is 414 g/mol. The monoisotopic (exact) mass is 445 g/mol. The summed E-state index contributed by atoms with van der Waals surface area (Å²) in [6, 6.07) is 12.5. The number of carbonyl (C=O) groups is 3. The van der Waals surface area contributed by atoms with Crippen LogP contribution < -0.4 is 15.1 Å². The second-order valence-electron chi connectivity index (χ2n) is 9.94. The number of carbonyl (C=O) groups excluding carboxylic acids is 3. The van der Waals surface area contributed by atoms with Crippen LogP contribution in [0.3, 0.4) is 0 Å². The first-order valence-corrected chi connectivity index (χ1v) is 11.4. The minimum absolute atomic E-state index is 0.0305. The molecule has 0 aliphatic carbocycles. The maximum Gasteiger partial charge on any atom is 0.335 e. The average molecular weight is 446 g/mol. The first-order valence-electron chi connectivity index (χ1n) is 11.4. The van der Waals surface area contributed by atoms with Crippen LogP contribution in [-0.2, 0) is 9.59 Å². The zero-order valence-electron chi connectivity index (χ0n) is 20.1. The minimum atomic E-state index is -0.737. The van der Waals surface area contributed by atoms with Crippen molar-refractivity contribution >= 4 is 35.3 Å². The van der Waals surface area contributed by atoms with Gasteiger partial charge in [-0.25, -0.2) is 9.69 Å². The summed E-state index contributed by atoms with van der Waals surface area (Å²) in [7, 11) is 0. The molecule has 0 spiro atoms. The molecule has 2 aromatic carbocycles. The number of rotatable bonds is 3. The van der Waals surface area contributed by atoms with Crippen molar-refractivity contribution in [2.75, 3.05) is 9.80 Å². The van der Waals surface area contributed by atoms with E-state index in [1.807, 2.05) is 6.92 Å². The van der Waals surface area contributed by atoms with Gasteiger partial charge in [0.05, 0.1) is 5.69 Å². The number of benzene rings is 2. The molecule has 0 radical (unpaired) electrons. The van der Waals surface area contributed by atoms with E-state index in [2.05, 4.69) is 57.0 Å². The van der Waals surface area contributed by atoms with Gasteiger partial charge in [0.15, 0.2) is 0 Å². The van der Waals surface area contributed by atoms with Gasteiger partial charge in [-0.05, 0) is 94.0 Å². The summed E-state index contributed by atoms with van der Waals surface area (Å²) in [4.78, 5) is 41.7. The molecule has 2 aromatic rings. The fourth-order valence-corrected chi connectivity index (χ4v) is 5.37. The molecule has 1 atom stereocenters. The smallest absolute Gasteiger partial charge is 0.335 e. The summed E-state index contributed by atoms with van der Waals surface area (Å²) in [6.45, 7) is 13.2. The normalized spacial score (nSPS) is 21.5. The standard InChI is InChI=1S/C27H31N3O3/c1-16(2)30-23-12-17(3)19(13-21(23)18(4)15-27(30,5)6)14-22-24(31)28-26(33)29(25(22)32)20-10-8-7-9-11-20/h7-14,16,18H,15H2,1-6H3,(H,28,31,33)/b22-14+/t18-/m1/s1. The third-order valence-corrected chi connectivity index (χ3v) is 6.60. The van der Waals surface area contributed by atoms with Crippen molar-refractivity contribution in [1.82, 2.24) is 5.32 Å². The van der Waals surface area contributed by atoms with Crippen LogP contribution in [0.4, 0.5) is 16.2 Å². The Bertz CT molecular complexity index is 1160. The van der Waals surface area contributed by atoms with Gasteiger partial charge in [-0.2, -0.15) is 0 Å². The minimum Gasteiger partial charge on any atom is -0.364 e. The lowest BCUT2D eigenvalue weighted by Gasteiger charge is -2.50. The molecule has 6 nitrogen and oxygen atoms in total. The van der Waals surface area contributed by atoms with E-state index in [0.29, 0.717) is 17.6 Å². The van der Waals surface area contributed by atoms with Gasteiger partial charge in [-0.1, -0.05) is 25.1 Å². The van der Waals surface area contributed by atoms with Crippen molar-refractivity contribution in [1.29, 1.82) is 0 Å². The van der Waals surface area contributed by atoms with Gasteiger partial charge in [-0.15, -0.1) is 0 Å². The van der Waals surface area contributed by atoms with E-state index in [-0.39, 0.29) is 11.1 Å². The molecule has 4 amide bonds. The number of hydrogen-bond donors (Lipinski definition) is 1. The summed E-state index contributed by atoms with van der Waals surface area (Å²) in [5, 5.41) is 2.30. The molecule has 6 heteroatoms. The van der Waals surface area contributed by atoms with E-state index < -0.39 is 17.8 Å². The first-order chi connectivity index (χ1) is 15.5. The van der Waals surface area contributed by atoms with Crippen LogP contribution >= 0.6 is 0 Å². The van der Waals surface area contributed by atoms with Crippen molar-refractivity contribution in [3.63, 3.8) is 0 Å². The summed E-state index contributed by atoms with van der Waals surface area (Å²) < 4.78 is 0. The summed E-state index contributed by atoms with van der Waals surface area (Å²) in [5.74, 6) is -0.960. The van der Waals surface area contributed by atoms with Crippen LogP contribution in [0, 0.1) is 6.92 Å². The fraction of sp³-hybridized carbons (Fsp3) is 0.370. The number of imide groups is 2. The lowest BCUT2D eigenvalue weighted by molar-refractivity contribution is -0.122. The zero-order chi connectivity index (χ0) is 24.1. The van der Waals surface area contributed by atoms with Crippen LogP contribution in [0.25, 0.3) is 6.08 Å². The quantitative estimate of drug-likeness (QED) is 0.523. The van der Waals surface area contributed by atoms with Crippen molar-refractivity contribution < 1.29 is 14.4 Å². The molecule has 2 heterocycles. The van der Waals surface area contributed by atoms with E-state index >= 15 is 0 Å². The highest BCUT2D eigenvalue weighted by atomic mass is 16.2. The maximum absolute atomic E-state index is 13.2. The van der Waals surface area contributed by atoms with Crippen LogP contribution in [0.2, 0.25) is 0 Å². The highest BCUT2D eigenvalue weighted by Gasteiger charge is 2.39. The number of anilines is 2. The first kappa shape index (κ1) is 22.8. The number of aryl methyl sites for hydroxylation is 1. The Morgan fingerprint density at radius 2 is 1.76 bits per heavy atom. The van der Waals surface area contributed by atoms with Crippen molar-refractivity contribution in [2.45, 2.75) is 65.5 Å². The predicted molar refractivity (Wildman–Crippen MR) is 131 cm³/mol. The Balaban J connectivity index is 1.79. The molecule has 4 rings (SSSR count). The number of hydrogen-bond acceptors (Lipinski definition) is 4. The molecule has 0 unspecified atom stereocenters. The second-order valence-corrected chi connectivity index (χ2v) is 9.94. The Morgan fingerprint density at radius 3 is 2.39 bits per heavy atom. The van der Waals surface area contributed by atoms with Crippen LogP contribution in [0.5, 0.6) is 0 Å². The summed E-state index contributed by atoms with van der Waals surface area (Å²) in [6.07, 6.45) is 2.62. The maximum atomic E-state index is 13.2. The van der Waals surface area contributed by atoms with E-state index in [0.717, 1.165) is 22.4 Å². The molecule has 33 heavy (non-hydrogen) atoms. The van der Waals surface area contributed by atoms with Crippen LogP contribution in [-0.4, -0.2) is 29.4 Å². The van der Waals surface area contributed by atoms with Crippen molar-refractivity contribution in [3.8, 4) is 0 Å². The lowest BCUT2D eigenvalue weighted by atomic mass is 9.78. The number of fused-ring (bicyclic) bond motifs is 1. The Kier molecular flexibility index (Phi) is 5.64. The third-order valence-electron chi connectivity index (χ3n) is 6.60. The Hall–Kier alpha value is -3.41. The van der Waals surface area contributed by atoms with Crippen molar-refractivity contribution in [3.05, 3.63) is 64.7 Å². The van der Waals surface area contributed by atoms with E-state index in [4.69, 9.17) is 0 Å². The molecule has 2 aliphatic heterocycles. The molecule has 1 fully saturated rings. The number of barbiturate groups is 1. The molecule has 2 aliphatic rings.